The van der Waals surface area contributed by atoms with Crippen molar-refractivity contribution in [1.29, 1.82) is 0 Å². The molecule has 0 aromatic heterocycles. The normalized spacial score (nSPS) is 14.5. The SMILES string of the molecule is CCOC(=O)C(CCCCC(CN(CC)CC)(C(=O)OCC)c1ccccc1)(CN(CC)CC)c1ccccc1. The highest BCUT2D eigenvalue weighted by Crippen LogP contribution is 2.37. The summed E-state index contributed by atoms with van der Waals surface area (Å²) in [5, 5.41) is 0. The molecule has 2 unspecified atom stereocenters. The van der Waals surface area contributed by atoms with Gasteiger partial charge in [-0.2, -0.15) is 0 Å². The second kappa shape index (κ2) is 17.2. The van der Waals surface area contributed by atoms with Crippen molar-refractivity contribution in [2.24, 2.45) is 0 Å². The first kappa shape index (κ1) is 33.5. The van der Waals surface area contributed by atoms with Gasteiger partial charge in [-0.15, -0.1) is 0 Å². The van der Waals surface area contributed by atoms with E-state index >= 15 is 0 Å². The number of unbranched alkanes of at least 4 members (excludes halogenated alkanes) is 1. The average Bonchev–Trinajstić information content (AvgIpc) is 2.99. The Morgan fingerprint density at radius 3 is 1.18 bits per heavy atom. The fourth-order valence-corrected chi connectivity index (χ4v) is 5.76. The summed E-state index contributed by atoms with van der Waals surface area (Å²) in [6.07, 6.45) is 2.85. The molecule has 0 saturated heterocycles. The number of nitrogens with zero attached hydrogens (tertiary/aromatic N) is 2. The van der Waals surface area contributed by atoms with E-state index in [4.69, 9.17) is 9.47 Å². The summed E-state index contributed by atoms with van der Waals surface area (Å²) in [6.45, 7) is 17.6. The first-order valence-electron chi connectivity index (χ1n) is 15.3. The van der Waals surface area contributed by atoms with Gasteiger partial charge in [0.05, 0.1) is 13.2 Å². The van der Waals surface area contributed by atoms with Crippen molar-refractivity contribution in [2.75, 3.05) is 52.5 Å². The predicted molar refractivity (Wildman–Crippen MR) is 164 cm³/mol. The lowest BCUT2D eigenvalue weighted by molar-refractivity contribution is -0.153. The van der Waals surface area contributed by atoms with Crippen LogP contribution < -0.4 is 0 Å². The highest BCUT2D eigenvalue weighted by atomic mass is 16.5. The third-order valence-corrected chi connectivity index (χ3v) is 8.22. The maximum atomic E-state index is 13.7. The van der Waals surface area contributed by atoms with Gasteiger partial charge < -0.3 is 19.3 Å². The van der Waals surface area contributed by atoms with Crippen LogP contribution in [-0.2, 0) is 29.9 Å². The van der Waals surface area contributed by atoms with E-state index in [1.807, 2.05) is 74.5 Å². The van der Waals surface area contributed by atoms with Crippen LogP contribution in [0.25, 0.3) is 0 Å². The first-order chi connectivity index (χ1) is 19.4. The molecule has 6 nitrogen and oxygen atoms in total. The van der Waals surface area contributed by atoms with Gasteiger partial charge in [-0.25, -0.2) is 0 Å². The summed E-state index contributed by atoms with van der Waals surface area (Å²) in [7, 11) is 0. The average molecular weight is 553 g/mol. The maximum Gasteiger partial charge on any atom is 0.317 e. The predicted octanol–water partition coefficient (Wildman–Crippen LogP) is 6.23. The molecule has 0 heterocycles. The van der Waals surface area contributed by atoms with Crippen LogP contribution in [0.5, 0.6) is 0 Å². The Hall–Kier alpha value is -2.70. The molecule has 222 valence electrons. The minimum atomic E-state index is -0.776. The van der Waals surface area contributed by atoms with Crippen molar-refractivity contribution < 1.29 is 19.1 Å². The monoisotopic (exact) mass is 552 g/mol. The van der Waals surface area contributed by atoms with Crippen LogP contribution >= 0.6 is 0 Å². The number of ether oxygens (including phenoxy) is 2. The molecule has 0 aliphatic rings. The van der Waals surface area contributed by atoms with E-state index in [-0.39, 0.29) is 11.9 Å². The van der Waals surface area contributed by atoms with Crippen molar-refractivity contribution >= 4 is 11.9 Å². The number of hydrogen-bond donors (Lipinski definition) is 0. The number of carbonyl (C=O) groups is 2. The fourth-order valence-electron chi connectivity index (χ4n) is 5.76. The van der Waals surface area contributed by atoms with Gasteiger partial charge in [0.2, 0.25) is 0 Å². The van der Waals surface area contributed by atoms with Crippen LogP contribution in [0.1, 0.15) is 78.4 Å². The zero-order valence-corrected chi connectivity index (χ0v) is 25.8. The molecule has 0 aliphatic carbocycles. The van der Waals surface area contributed by atoms with E-state index in [2.05, 4.69) is 37.5 Å². The second-order valence-corrected chi connectivity index (χ2v) is 10.5. The van der Waals surface area contributed by atoms with Crippen molar-refractivity contribution in [2.45, 2.75) is 78.1 Å². The second-order valence-electron chi connectivity index (χ2n) is 10.5. The lowest BCUT2D eigenvalue weighted by Gasteiger charge is -2.38. The minimum Gasteiger partial charge on any atom is -0.465 e. The van der Waals surface area contributed by atoms with Crippen LogP contribution in [0, 0.1) is 0 Å². The summed E-state index contributed by atoms with van der Waals surface area (Å²) >= 11 is 0. The number of benzene rings is 2. The van der Waals surface area contributed by atoms with E-state index in [1.54, 1.807) is 0 Å². The van der Waals surface area contributed by atoms with Crippen LogP contribution in [-0.4, -0.2) is 74.2 Å². The zero-order chi connectivity index (χ0) is 29.4. The molecule has 0 aliphatic heterocycles. The van der Waals surface area contributed by atoms with Crippen molar-refractivity contribution in [3.8, 4) is 0 Å². The van der Waals surface area contributed by atoms with Crippen LogP contribution in [0.4, 0.5) is 0 Å². The van der Waals surface area contributed by atoms with E-state index in [1.165, 1.54) is 0 Å². The summed E-state index contributed by atoms with van der Waals surface area (Å²) in [6, 6.07) is 20.2. The molecular formula is C34H52N2O4. The Morgan fingerprint density at radius 1 is 0.575 bits per heavy atom. The zero-order valence-electron chi connectivity index (χ0n) is 25.8. The maximum absolute atomic E-state index is 13.7. The minimum absolute atomic E-state index is 0.170. The molecule has 6 heteroatoms. The highest BCUT2D eigenvalue weighted by molar-refractivity contribution is 5.84. The summed E-state index contributed by atoms with van der Waals surface area (Å²) in [5.41, 5.74) is 0.426. The molecule has 2 rings (SSSR count). The topological polar surface area (TPSA) is 59.1 Å². The van der Waals surface area contributed by atoms with E-state index < -0.39 is 10.8 Å². The number of carbonyl (C=O) groups excluding carboxylic acids is 2. The van der Waals surface area contributed by atoms with Gasteiger partial charge in [0.25, 0.3) is 0 Å². The molecule has 2 aromatic carbocycles. The van der Waals surface area contributed by atoms with Crippen LogP contribution in [0.15, 0.2) is 60.7 Å². The molecule has 0 spiro atoms. The standard InChI is InChI=1S/C34H52N2O4/c1-7-35(8-2)27-33(31(37)39-11-5,29-21-15-13-16-22-29)25-19-20-26-34(32(38)40-12-6,28-36(9-3)10-4)30-23-17-14-18-24-30/h13-18,21-24H,7-12,19-20,25-28H2,1-6H3. The van der Waals surface area contributed by atoms with Gasteiger partial charge in [-0.05, 0) is 64.0 Å². The molecule has 2 atom stereocenters. The Kier molecular flexibility index (Phi) is 14.4. The van der Waals surface area contributed by atoms with E-state index in [0.717, 1.165) is 50.1 Å². The Balaban J connectivity index is 2.45. The van der Waals surface area contributed by atoms with Gasteiger partial charge >= 0.3 is 11.9 Å². The summed E-state index contributed by atoms with van der Waals surface area (Å²) in [4.78, 5) is 32.1. The molecule has 2 aromatic rings. The molecule has 0 radical (unpaired) electrons. The Labute approximate surface area is 243 Å². The van der Waals surface area contributed by atoms with E-state index in [9.17, 15) is 9.59 Å². The van der Waals surface area contributed by atoms with Gasteiger partial charge in [-0.1, -0.05) is 101 Å². The smallest absolute Gasteiger partial charge is 0.317 e. The van der Waals surface area contributed by atoms with E-state index in [0.29, 0.717) is 39.1 Å². The Morgan fingerprint density at radius 2 is 0.900 bits per heavy atom. The largest absolute Gasteiger partial charge is 0.465 e. The van der Waals surface area contributed by atoms with Crippen molar-refractivity contribution in [3.63, 3.8) is 0 Å². The first-order valence-corrected chi connectivity index (χ1v) is 15.3. The lowest BCUT2D eigenvalue weighted by Crippen LogP contribution is -2.48. The molecule has 0 N–H and O–H groups in total. The highest BCUT2D eigenvalue weighted by Gasteiger charge is 2.45. The van der Waals surface area contributed by atoms with Crippen molar-refractivity contribution in [1.82, 2.24) is 9.80 Å². The number of likely N-dealkylation sites (N-methyl/N-ethyl adjacent to an activating group) is 2. The Bertz CT molecular complexity index is 910. The van der Waals surface area contributed by atoms with Crippen LogP contribution in [0.3, 0.4) is 0 Å². The third-order valence-electron chi connectivity index (χ3n) is 8.22. The molecular weight excluding hydrogens is 500 g/mol. The van der Waals surface area contributed by atoms with Gasteiger partial charge in [0.15, 0.2) is 0 Å². The number of hydrogen-bond acceptors (Lipinski definition) is 6. The van der Waals surface area contributed by atoms with Crippen LogP contribution in [0.2, 0.25) is 0 Å². The van der Waals surface area contributed by atoms with Gasteiger partial charge in [-0.3, -0.25) is 9.59 Å². The molecule has 0 amide bonds. The number of rotatable bonds is 19. The fraction of sp³-hybridized carbons (Fsp3) is 0.588. The van der Waals surface area contributed by atoms with Crippen molar-refractivity contribution in [3.05, 3.63) is 71.8 Å². The van der Waals surface area contributed by atoms with Gasteiger partial charge in [0, 0.05) is 13.1 Å². The lowest BCUT2D eigenvalue weighted by atomic mass is 9.72. The summed E-state index contributed by atoms with van der Waals surface area (Å²) in [5.74, 6) is -0.341. The van der Waals surface area contributed by atoms with Gasteiger partial charge in [0.1, 0.15) is 10.8 Å². The molecule has 40 heavy (non-hydrogen) atoms. The number of esters is 2. The molecule has 0 saturated carbocycles. The summed E-state index contributed by atoms with van der Waals surface area (Å²) < 4.78 is 11.4. The molecule has 0 bridgehead atoms. The quantitative estimate of drug-likeness (QED) is 0.152. The third kappa shape index (κ3) is 8.40. The molecule has 0 fully saturated rings.